The van der Waals surface area contributed by atoms with Crippen LogP contribution in [-0.2, 0) is 6.42 Å². The van der Waals surface area contributed by atoms with Crippen molar-refractivity contribution >= 4 is 33.4 Å². The molecule has 114 valence electrons. The summed E-state index contributed by atoms with van der Waals surface area (Å²) >= 11 is 2.50. The highest BCUT2D eigenvalue weighted by molar-refractivity contribution is 14.1. The Bertz CT molecular complexity index is 1080. The Labute approximate surface area is 155 Å². The van der Waals surface area contributed by atoms with Crippen LogP contribution < -0.4 is 0 Å². The first kappa shape index (κ1) is 14.2. The standard InChI is InChI=1S/C23H15I/c24-21-14-20-18-11-5-4-9-16(18)13-17-10-6-12-19(22(17)20)23(21)15-7-2-1-3-8-15/h1-12,14H,13H2. The molecule has 0 amide bonds. The monoisotopic (exact) mass is 418 g/mol. The summed E-state index contributed by atoms with van der Waals surface area (Å²) in [5, 5.41) is 2.80. The van der Waals surface area contributed by atoms with Crippen LogP contribution in [0.3, 0.4) is 0 Å². The lowest BCUT2D eigenvalue weighted by molar-refractivity contribution is 1.20. The van der Waals surface area contributed by atoms with Crippen molar-refractivity contribution in [1.29, 1.82) is 0 Å². The second kappa shape index (κ2) is 5.45. The fourth-order valence-electron chi connectivity index (χ4n) is 3.93. The van der Waals surface area contributed by atoms with Crippen LogP contribution in [0, 0.1) is 3.57 Å². The first-order valence-corrected chi connectivity index (χ1v) is 9.28. The van der Waals surface area contributed by atoms with Gasteiger partial charge in [0.15, 0.2) is 0 Å². The van der Waals surface area contributed by atoms with E-state index in [0.29, 0.717) is 0 Å². The Balaban J connectivity index is 1.93. The van der Waals surface area contributed by atoms with E-state index >= 15 is 0 Å². The van der Waals surface area contributed by atoms with Gasteiger partial charge in [0.25, 0.3) is 0 Å². The van der Waals surface area contributed by atoms with Crippen molar-refractivity contribution in [3.8, 4) is 22.3 Å². The second-order valence-electron chi connectivity index (χ2n) is 6.32. The molecule has 0 radical (unpaired) electrons. The molecule has 0 nitrogen and oxygen atoms in total. The highest BCUT2D eigenvalue weighted by atomic mass is 127. The fraction of sp³-hybridized carbons (Fsp3) is 0.0435. The maximum Gasteiger partial charge on any atom is 0.0221 e. The van der Waals surface area contributed by atoms with Crippen molar-refractivity contribution in [2.24, 2.45) is 0 Å². The molecule has 1 aliphatic rings. The molecule has 0 heterocycles. The lowest BCUT2D eigenvalue weighted by Crippen LogP contribution is -2.02. The van der Waals surface area contributed by atoms with Crippen molar-refractivity contribution in [1.82, 2.24) is 0 Å². The molecule has 5 rings (SSSR count). The van der Waals surface area contributed by atoms with Gasteiger partial charge in [-0.05, 0) is 73.7 Å². The number of benzene rings is 4. The Morgan fingerprint density at radius 1 is 0.667 bits per heavy atom. The molecule has 0 aliphatic heterocycles. The predicted octanol–water partition coefficient (Wildman–Crippen LogP) is 6.68. The topological polar surface area (TPSA) is 0 Å². The molecule has 4 aromatic carbocycles. The van der Waals surface area contributed by atoms with Gasteiger partial charge in [-0.1, -0.05) is 72.8 Å². The van der Waals surface area contributed by atoms with E-state index in [4.69, 9.17) is 0 Å². The van der Waals surface area contributed by atoms with Gasteiger partial charge in [0, 0.05) is 9.13 Å². The zero-order valence-corrected chi connectivity index (χ0v) is 15.2. The highest BCUT2D eigenvalue weighted by Gasteiger charge is 2.21. The van der Waals surface area contributed by atoms with E-state index in [9.17, 15) is 0 Å². The maximum absolute atomic E-state index is 2.50. The van der Waals surface area contributed by atoms with Crippen molar-refractivity contribution in [2.45, 2.75) is 6.42 Å². The summed E-state index contributed by atoms with van der Waals surface area (Å²) in [7, 11) is 0. The summed E-state index contributed by atoms with van der Waals surface area (Å²) in [5.41, 5.74) is 8.29. The molecule has 0 unspecified atom stereocenters. The van der Waals surface area contributed by atoms with Crippen LogP contribution in [0.5, 0.6) is 0 Å². The van der Waals surface area contributed by atoms with E-state index in [1.807, 2.05) is 0 Å². The van der Waals surface area contributed by atoms with Crippen molar-refractivity contribution in [3.05, 3.63) is 93.6 Å². The van der Waals surface area contributed by atoms with Crippen LogP contribution in [0.2, 0.25) is 0 Å². The lowest BCUT2D eigenvalue weighted by atomic mass is 9.82. The van der Waals surface area contributed by atoms with Crippen LogP contribution in [0.25, 0.3) is 33.0 Å². The molecular formula is C23H15I. The summed E-state index contributed by atoms with van der Waals surface area (Å²) in [6, 6.07) is 28.7. The second-order valence-corrected chi connectivity index (χ2v) is 7.48. The van der Waals surface area contributed by atoms with Gasteiger partial charge in [-0.3, -0.25) is 0 Å². The van der Waals surface area contributed by atoms with Gasteiger partial charge in [0.2, 0.25) is 0 Å². The zero-order valence-electron chi connectivity index (χ0n) is 13.1. The van der Waals surface area contributed by atoms with Gasteiger partial charge >= 0.3 is 0 Å². The molecular weight excluding hydrogens is 403 g/mol. The number of halogens is 1. The number of fused-ring (bicyclic) bond motifs is 2. The van der Waals surface area contributed by atoms with Gasteiger partial charge in [-0.15, -0.1) is 0 Å². The Morgan fingerprint density at radius 3 is 2.29 bits per heavy atom. The molecule has 0 N–H and O–H groups in total. The minimum absolute atomic E-state index is 1.02. The molecule has 0 aromatic heterocycles. The zero-order chi connectivity index (χ0) is 16.1. The molecule has 0 fully saturated rings. The predicted molar refractivity (Wildman–Crippen MR) is 110 cm³/mol. The number of rotatable bonds is 1. The van der Waals surface area contributed by atoms with E-state index in [1.54, 1.807) is 0 Å². The maximum atomic E-state index is 2.50. The molecule has 4 aromatic rings. The summed E-state index contributed by atoms with van der Waals surface area (Å²) in [5.74, 6) is 0. The Morgan fingerprint density at radius 2 is 1.42 bits per heavy atom. The highest BCUT2D eigenvalue weighted by Crippen LogP contribution is 2.44. The minimum atomic E-state index is 1.02. The quantitative estimate of drug-likeness (QED) is 0.266. The third-order valence-electron chi connectivity index (χ3n) is 4.95. The van der Waals surface area contributed by atoms with Crippen LogP contribution in [0.15, 0.2) is 78.9 Å². The van der Waals surface area contributed by atoms with E-state index in [2.05, 4.69) is 101 Å². The van der Waals surface area contributed by atoms with E-state index in [0.717, 1.165) is 6.42 Å². The molecule has 1 aliphatic carbocycles. The van der Waals surface area contributed by atoms with Crippen LogP contribution in [-0.4, -0.2) is 0 Å². The SMILES string of the molecule is Ic1cc2c3c(cccc3c1-c1ccccc1)Cc1ccccc1-2. The minimum Gasteiger partial charge on any atom is -0.0622 e. The van der Waals surface area contributed by atoms with E-state index < -0.39 is 0 Å². The molecule has 0 saturated carbocycles. The summed E-state index contributed by atoms with van der Waals surface area (Å²) in [4.78, 5) is 0. The number of hydrogen-bond donors (Lipinski definition) is 0. The molecule has 0 atom stereocenters. The largest absolute Gasteiger partial charge is 0.0622 e. The summed E-state index contributed by atoms with van der Waals surface area (Å²) in [6.07, 6.45) is 1.02. The van der Waals surface area contributed by atoms with Crippen LogP contribution in [0.4, 0.5) is 0 Å². The third-order valence-corrected chi connectivity index (χ3v) is 5.80. The fourth-order valence-corrected chi connectivity index (χ4v) is 4.84. The van der Waals surface area contributed by atoms with E-state index in [1.165, 1.54) is 47.7 Å². The van der Waals surface area contributed by atoms with Gasteiger partial charge in [-0.2, -0.15) is 0 Å². The molecule has 0 saturated heterocycles. The van der Waals surface area contributed by atoms with Gasteiger partial charge < -0.3 is 0 Å². The molecule has 1 heteroatoms. The Hall–Kier alpha value is -2.13. The van der Waals surface area contributed by atoms with Crippen molar-refractivity contribution in [3.63, 3.8) is 0 Å². The van der Waals surface area contributed by atoms with Crippen molar-refractivity contribution < 1.29 is 0 Å². The molecule has 0 spiro atoms. The van der Waals surface area contributed by atoms with Gasteiger partial charge in [0.1, 0.15) is 0 Å². The Kier molecular flexibility index (Phi) is 3.23. The smallest absolute Gasteiger partial charge is 0.0221 e. The van der Waals surface area contributed by atoms with Crippen LogP contribution >= 0.6 is 22.6 Å². The van der Waals surface area contributed by atoms with Gasteiger partial charge in [0.05, 0.1) is 0 Å². The lowest BCUT2D eigenvalue weighted by Gasteiger charge is -2.23. The first-order valence-electron chi connectivity index (χ1n) is 8.21. The number of hydrogen-bond acceptors (Lipinski definition) is 0. The third kappa shape index (κ3) is 2.04. The van der Waals surface area contributed by atoms with Crippen LogP contribution in [0.1, 0.15) is 11.1 Å². The average Bonchev–Trinajstić information content (AvgIpc) is 2.62. The van der Waals surface area contributed by atoms with E-state index in [-0.39, 0.29) is 0 Å². The first-order chi connectivity index (χ1) is 11.8. The van der Waals surface area contributed by atoms with Gasteiger partial charge in [-0.25, -0.2) is 0 Å². The normalized spacial score (nSPS) is 12.2. The molecule has 0 bridgehead atoms. The van der Waals surface area contributed by atoms with Crippen molar-refractivity contribution in [2.75, 3.05) is 0 Å². The molecule has 24 heavy (non-hydrogen) atoms. The summed E-state index contributed by atoms with van der Waals surface area (Å²) in [6.45, 7) is 0. The average molecular weight is 418 g/mol. The summed E-state index contributed by atoms with van der Waals surface area (Å²) < 4.78 is 1.31.